The minimum Gasteiger partial charge on any atom is -0.560 e. The molecule has 19 heavy (non-hydrogen) atoms. The van der Waals surface area contributed by atoms with Crippen molar-refractivity contribution in [2.75, 3.05) is 0 Å². The maximum Gasteiger partial charge on any atom is 0.375 e. The Labute approximate surface area is 117 Å². The highest BCUT2D eigenvalue weighted by atomic mass is 32.1. The van der Waals surface area contributed by atoms with Gasteiger partial charge in [0, 0.05) is 29.9 Å². The summed E-state index contributed by atoms with van der Waals surface area (Å²) in [5.74, 6) is -0.172. The van der Waals surface area contributed by atoms with Gasteiger partial charge in [0.05, 0.1) is 0 Å². The Morgan fingerprint density at radius 2 is 2.42 bits per heavy atom. The van der Waals surface area contributed by atoms with Crippen LogP contribution in [0, 0.1) is 0 Å². The molecule has 1 atom stereocenters. The van der Waals surface area contributed by atoms with Crippen LogP contribution in [0.1, 0.15) is 30.1 Å². The van der Waals surface area contributed by atoms with Crippen molar-refractivity contribution < 1.29 is 9.45 Å². The van der Waals surface area contributed by atoms with E-state index in [1.165, 1.54) is 11.3 Å². The summed E-state index contributed by atoms with van der Waals surface area (Å²) in [7, 11) is 4.90. The summed E-state index contributed by atoms with van der Waals surface area (Å²) >= 11 is 1.28. The number of aromatic nitrogens is 1. The summed E-state index contributed by atoms with van der Waals surface area (Å²) < 4.78 is 4.30. The van der Waals surface area contributed by atoms with Crippen LogP contribution in [0.3, 0.4) is 0 Å². The number of carbonyl (C=O) groups is 1. The molecule has 2 radical (unpaired) electrons. The van der Waals surface area contributed by atoms with Crippen LogP contribution < -0.4 is 0 Å². The Morgan fingerprint density at radius 1 is 1.63 bits per heavy atom. The fourth-order valence-electron chi connectivity index (χ4n) is 1.42. The standard InChI is InChI=1S/C12H14BN3O2S/c1-3-9(14-4-2)7-10(16-8-18-13)11(17)12-15-5-6-19-12/h3-6,8,10H,7H2,1-2H3/b9-3-,14-4?,16-8?. The lowest BCUT2D eigenvalue weighted by atomic mass is 10.1. The third-order valence-electron chi connectivity index (χ3n) is 2.28. The van der Waals surface area contributed by atoms with E-state index >= 15 is 0 Å². The molecular weight excluding hydrogens is 261 g/mol. The number of aliphatic imine (C=N–C) groups is 2. The van der Waals surface area contributed by atoms with Gasteiger partial charge in [-0.1, -0.05) is 6.08 Å². The van der Waals surface area contributed by atoms with E-state index in [0.29, 0.717) is 11.4 Å². The van der Waals surface area contributed by atoms with Gasteiger partial charge in [0.1, 0.15) is 6.04 Å². The summed E-state index contributed by atoms with van der Waals surface area (Å²) in [4.78, 5) is 24.4. The first-order valence-electron chi connectivity index (χ1n) is 5.67. The molecule has 0 spiro atoms. The van der Waals surface area contributed by atoms with E-state index in [9.17, 15) is 4.79 Å². The van der Waals surface area contributed by atoms with E-state index in [2.05, 4.69) is 19.6 Å². The second-order valence-electron chi connectivity index (χ2n) is 3.48. The molecule has 1 heterocycles. The van der Waals surface area contributed by atoms with Crippen LogP contribution in [0.2, 0.25) is 0 Å². The monoisotopic (exact) mass is 275 g/mol. The number of ketones is 1. The third-order valence-corrected chi connectivity index (χ3v) is 3.07. The Morgan fingerprint density at radius 3 is 2.95 bits per heavy atom. The van der Waals surface area contributed by atoms with Crippen LogP contribution in [0.4, 0.5) is 0 Å². The molecule has 0 N–H and O–H groups in total. The molecule has 0 fully saturated rings. The first-order chi connectivity index (χ1) is 9.22. The highest BCUT2D eigenvalue weighted by molar-refractivity contribution is 7.11. The molecule has 0 aliphatic heterocycles. The fraction of sp³-hybridized carbons (Fsp3) is 0.333. The van der Waals surface area contributed by atoms with E-state index in [1.54, 1.807) is 17.8 Å². The van der Waals surface area contributed by atoms with Crippen molar-refractivity contribution in [3.63, 3.8) is 0 Å². The van der Waals surface area contributed by atoms with Crippen molar-refractivity contribution in [3.05, 3.63) is 28.4 Å². The Bertz CT molecular complexity index is 483. The van der Waals surface area contributed by atoms with Crippen molar-refractivity contribution in [2.24, 2.45) is 9.98 Å². The Balaban J connectivity index is 2.89. The molecule has 0 aromatic carbocycles. The van der Waals surface area contributed by atoms with Crippen molar-refractivity contribution in [3.8, 4) is 0 Å². The Kier molecular flexibility index (Phi) is 6.74. The molecule has 1 unspecified atom stereocenters. The number of carbonyl (C=O) groups excluding carboxylic acids is 1. The number of thiazole rings is 1. The van der Waals surface area contributed by atoms with Crippen molar-refractivity contribution in [1.82, 2.24) is 4.98 Å². The van der Waals surface area contributed by atoms with Gasteiger partial charge in [-0.25, -0.2) is 9.98 Å². The van der Waals surface area contributed by atoms with Crippen LogP contribution in [0.15, 0.2) is 33.3 Å². The molecule has 0 aliphatic rings. The van der Waals surface area contributed by atoms with E-state index in [-0.39, 0.29) is 5.78 Å². The maximum atomic E-state index is 12.2. The molecule has 7 heteroatoms. The van der Waals surface area contributed by atoms with Crippen LogP contribution >= 0.6 is 11.3 Å². The fourth-order valence-corrected chi connectivity index (χ4v) is 2.04. The predicted octanol–water partition coefficient (Wildman–Crippen LogP) is 2.21. The first-order valence-corrected chi connectivity index (χ1v) is 6.55. The molecule has 0 aliphatic carbocycles. The summed E-state index contributed by atoms with van der Waals surface area (Å²) in [6.45, 7) is 3.67. The van der Waals surface area contributed by atoms with Gasteiger partial charge in [0.25, 0.3) is 0 Å². The van der Waals surface area contributed by atoms with Gasteiger partial charge in [0.2, 0.25) is 5.78 Å². The van der Waals surface area contributed by atoms with E-state index < -0.39 is 6.04 Å². The van der Waals surface area contributed by atoms with E-state index in [1.807, 2.05) is 19.9 Å². The molecule has 0 saturated carbocycles. The Hall–Kier alpha value is -1.76. The van der Waals surface area contributed by atoms with Gasteiger partial charge >= 0.3 is 8.05 Å². The lowest BCUT2D eigenvalue weighted by Gasteiger charge is -2.09. The average molecular weight is 275 g/mol. The smallest absolute Gasteiger partial charge is 0.375 e. The SMILES string of the molecule is [B]OC=NC(C/C(=C/C)N=CC)C(=O)c1nccs1. The van der Waals surface area contributed by atoms with Gasteiger partial charge in [0.15, 0.2) is 11.4 Å². The summed E-state index contributed by atoms with van der Waals surface area (Å²) in [6, 6.07) is -0.635. The number of hydrogen-bond acceptors (Lipinski definition) is 6. The zero-order valence-electron chi connectivity index (χ0n) is 10.8. The minimum absolute atomic E-state index is 0.172. The van der Waals surface area contributed by atoms with E-state index in [0.717, 1.165) is 12.1 Å². The van der Waals surface area contributed by atoms with Gasteiger partial charge in [-0.3, -0.25) is 9.79 Å². The van der Waals surface area contributed by atoms with Crippen LogP contribution in [-0.4, -0.2) is 37.5 Å². The molecule has 0 saturated heterocycles. The summed E-state index contributed by atoms with van der Waals surface area (Å²) in [5, 5.41) is 2.16. The summed E-state index contributed by atoms with van der Waals surface area (Å²) in [6.07, 6.45) is 6.52. The molecule has 0 amide bonds. The molecular formula is C12H14BN3O2S. The second-order valence-corrected chi connectivity index (χ2v) is 4.37. The topological polar surface area (TPSA) is 63.9 Å². The minimum atomic E-state index is -0.635. The van der Waals surface area contributed by atoms with Gasteiger partial charge in [-0.2, -0.15) is 0 Å². The highest BCUT2D eigenvalue weighted by Crippen LogP contribution is 2.16. The second kappa shape index (κ2) is 8.36. The normalized spacial score (nSPS) is 14.1. The lowest BCUT2D eigenvalue weighted by molar-refractivity contribution is 0.0961. The molecule has 0 bridgehead atoms. The van der Waals surface area contributed by atoms with Crippen LogP contribution in [0.25, 0.3) is 0 Å². The van der Waals surface area contributed by atoms with Crippen molar-refractivity contribution in [1.29, 1.82) is 0 Å². The van der Waals surface area contributed by atoms with Gasteiger partial charge in [-0.05, 0) is 13.8 Å². The van der Waals surface area contributed by atoms with Gasteiger partial charge in [-0.15, -0.1) is 11.3 Å². The number of hydrogen-bond donors (Lipinski definition) is 0. The molecule has 5 nitrogen and oxygen atoms in total. The van der Waals surface area contributed by atoms with Crippen molar-refractivity contribution >= 4 is 37.8 Å². The van der Waals surface area contributed by atoms with Gasteiger partial charge < -0.3 is 4.65 Å². The quantitative estimate of drug-likeness (QED) is 0.331. The largest absolute Gasteiger partial charge is 0.560 e. The first kappa shape index (κ1) is 15.3. The van der Waals surface area contributed by atoms with Crippen LogP contribution in [0.5, 0.6) is 0 Å². The van der Waals surface area contributed by atoms with Crippen molar-refractivity contribution in [2.45, 2.75) is 26.3 Å². The predicted molar refractivity (Wildman–Crippen MR) is 78.1 cm³/mol. The zero-order valence-corrected chi connectivity index (χ0v) is 11.6. The molecule has 1 rings (SSSR count). The average Bonchev–Trinajstić information content (AvgIpc) is 2.95. The lowest BCUT2D eigenvalue weighted by Crippen LogP contribution is -2.20. The number of nitrogens with zero attached hydrogens (tertiary/aromatic N) is 3. The third kappa shape index (κ3) is 4.79. The molecule has 98 valence electrons. The van der Waals surface area contributed by atoms with E-state index in [4.69, 9.17) is 8.05 Å². The summed E-state index contributed by atoms with van der Waals surface area (Å²) in [5.41, 5.74) is 0.770. The number of allylic oxidation sites excluding steroid dienone is 1. The highest BCUT2D eigenvalue weighted by Gasteiger charge is 2.22. The number of Topliss-reactive ketones (excluding diaryl/α,β-unsaturated/α-hetero) is 1. The number of rotatable bonds is 7. The molecule has 1 aromatic rings. The maximum absolute atomic E-state index is 12.2. The van der Waals surface area contributed by atoms with Crippen LogP contribution in [-0.2, 0) is 4.65 Å². The zero-order chi connectivity index (χ0) is 14.1. The molecule has 1 aromatic heterocycles.